The standard InChI is InChI=1S/C23H18F3N3O8S/c1-12(22(30)27-17-9-8-16(24)20(25)21(17)26)37-23(31)13-3-6-15(7-4-13)38(34,35)28-18-11-14(29(32)33)5-10-19(18)36-2/h3-12,28H,1-2H3,(H,27,30)/t12-/m1/s1. The second-order valence-electron chi connectivity index (χ2n) is 7.53. The number of ether oxygens (including phenoxy) is 2. The zero-order chi connectivity index (χ0) is 28.2. The van der Waals surface area contributed by atoms with E-state index in [1.807, 2.05) is 5.32 Å². The van der Waals surface area contributed by atoms with Gasteiger partial charge in [0.2, 0.25) is 0 Å². The van der Waals surface area contributed by atoms with Gasteiger partial charge in [0.1, 0.15) is 5.75 Å². The fourth-order valence-corrected chi connectivity index (χ4v) is 4.06. The maximum absolute atomic E-state index is 13.8. The molecule has 0 aliphatic rings. The second-order valence-corrected chi connectivity index (χ2v) is 9.21. The average Bonchev–Trinajstić information content (AvgIpc) is 2.88. The highest BCUT2D eigenvalue weighted by molar-refractivity contribution is 7.92. The van der Waals surface area contributed by atoms with Crippen molar-refractivity contribution < 1.29 is 45.6 Å². The van der Waals surface area contributed by atoms with Gasteiger partial charge in [-0.05, 0) is 49.4 Å². The molecule has 3 rings (SSSR count). The molecule has 0 saturated heterocycles. The Morgan fingerprint density at radius 3 is 2.24 bits per heavy atom. The first kappa shape index (κ1) is 27.9. The molecule has 1 amide bonds. The molecule has 0 aromatic heterocycles. The Morgan fingerprint density at radius 1 is 0.974 bits per heavy atom. The number of benzene rings is 3. The smallest absolute Gasteiger partial charge is 0.338 e. The van der Waals surface area contributed by atoms with Crippen LogP contribution in [0.3, 0.4) is 0 Å². The van der Waals surface area contributed by atoms with Crippen LogP contribution in [0.4, 0.5) is 30.2 Å². The molecule has 0 heterocycles. The van der Waals surface area contributed by atoms with Gasteiger partial charge in [0, 0.05) is 12.1 Å². The third-order valence-electron chi connectivity index (χ3n) is 4.98. The number of non-ortho nitro benzene ring substituents is 1. The summed E-state index contributed by atoms with van der Waals surface area (Å²) in [5.41, 5.74) is -1.40. The van der Waals surface area contributed by atoms with Crippen LogP contribution in [0.15, 0.2) is 59.5 Å². The minimum Gasteiger partial charge on any atom is -0.495 e. The lowest BCUT2D eigenvalue weighted by Crippen LogP contribution is -2.30. The number of anilines is 2. The number of nitro groups is 1. The highest BCUT2D eigenvalue weighted by Crippen LogP contribution is 2.31. The summed E-state index contributed by atoms with van der Waals surface area (Å²) >= 11 is 0. The Bertz CT molecular complexity index is 1520. The molecule has 3 aromatic carbocycles. The zero-order valence-electron chi connectivity index (χ0n) is 19.5. The third-order valence-corrected chi connectivity index (χ3v) is 6.37. The number of nitrogens with one attached hydrogen (secondary N) is 2. The van der Waals surface area contributed by atoms with E-state index in [2.05, 4.69) is 4.72 Å². The number of nitrogens with zero attached hydrogens (tertiary/aromatic N) is 1. The lowest BCUT2D eigenvalue weighted by molar-refractivity contribution is -0.384. The third kappa shape index (κ3) is 6.18. The van der Waals surface area contributed by atoms with Gasteiger partial charge in [0.05, 0.1) is 33.9 Å². The Balaban J connectivity index is 1.70. The van der Waals surface area contributed by atoms with Crippen molar-refractivity contribution in [1.29, 1.82) is 0 Å². The van der Waals surface area contributed by atoms with Gasteiger partial charge >= 0.3 is 5.97 Å². The van der Waals surface area contributed by atoms with E-state index >= 15 is 0 Å². The van der Waals surface area contributed by atoms with Crippen LogP contribution >= 0.6 is 0 Å². The van der Waals surface area contributed by atoms with E-state index in [0.717, 1.165) is 49.4 Å². The Labute approximate surface area is 213 Å². The molecule has 0 aliphatic carbocycles. The van der Waals surface area contributed by atoms with Crippen LogP contribution < -0.4 is 14.8 Å². The van der Waals surface area contributed by atoms with Gasteiger partial charge in [-0.1, -0.05) is 0 Å². The molecule has 200 valence electrons. The molecule has 3 aromatic rings. The van der Waals surface area contributed by atoms with Gasteiger partial charge in [0.15, 0.2) is 23.6 Å². The zero-order valence-corrected chi connectivity index (χ0v) is 20.3. The number of halogens is 3. The predicted molar refractivity (Wildman–Crippen MR) is 127 cm³/mol. The lowest BCUT2D eigenvalue weighted by atomic mass is 10.2. The quantitative estimate of drug-likeness (QED) is 0.174. The molecular formula is C23H18F3N3O8S. The summed E-state index contributed by atoms with van der Waals surface area (Å²) in [4.78, 5) is 34.6. The number of nitro benzene ring substituents is 1. The van der Waals surface area contributed by atoms with Gasteiger partial charge in [0.25, 0.3) is 21.6 Å². The van der Waals surface area contributed by atoms with Crippen molar-refractivity contribution in [2.24, 2.45) is 0 Å². The summed E-state index contributed by atoms with van der Waals surface area (Å²) in [5, 5.41) is 13.0. The van der Waals surface area contributed by atoms with Gasteiger partial charge < -0.3 is 14.8 Å². The van der Waals surface area contributed by atoms with E-state index in [1.54, 1.807) is 0 Å². The largest absolute Gasteiger partial charge is 0.495 e. The molecule has 38 heavy (non-hydrogen) atoms. The minimum atomic E-state index is -4.27. The molecular weight excluding hydrogens is 535 g/mol. The van der Waals surface area contributed by atoms with E-state index in [1.165, 1.54) is 13.2 Å². The summed E-state index contributed by atoms with van der Waals surface area (Å²) in [7, 11) is -3.03. The molecule has 1 atom stereocenters. The maximum atomic E-state index is 13.8. The first-order valence-corrected chi connectivity index (χ1v) is 11.9. The minimum absolute atomic E-state index is 0.0231. The van der Waals surface area contributed by atoms with Gasteiger partial charge in [-0.25, -0.2) is 26.4 Å². The molecule has 0 fully saturated rings. The highest BCUT2D eigenvalue weighted by Gasteiger charge is 2.23. The molecule has 2 N–H and O–H groups in total. The summed E-state index contributed by atoms with van der Waals surface area (Å²) in [6, 6.07) is 8.97. The van der Waals surface area contributed by atoms with Crippen molar-refractivity contribution in [2.45, 2.75) is 17.9 Å². The van der Waals surface area contributed by atoms with E-state index in [9.17, 15) is 41.3 Å². The van der Waals surface area contributed by atoms with Gasteiger partial charge in [-0.2, -0.15) is 0 Å². The van der Waals surface area contributed by atoms with Crippen molar-refractivity contribution in [3.8, 4) is 5.75 Å². The van der Waals surface area contributed by atoms with Gasteiger partial charge in [-0.3, -0.25) is 19.6 Å². The van der Waals surface area contributed by atoms with Crippen molar-refractivity contribution in [1.82, 2.24) is 0 Å². The van der Waals surface area contributed by atoms with Crippen LogP contribution in [-0.4, -0.2) is 38.4 Å². The molecule has 0 bridgehead atoms. The molecule has 0 saturated carbocycles. The van der Waals surface area contributed by atoms with Crippen molar-refractivity contribution in [3.05, 3.63) is 87.7 Å². The van der Waals surface area contributed by atoms with Crippen LogP contribution in [0, 0.1) is 27.6 Å². The fraction of sp³-hybridized carbons (Fsp3) is 0.130. The predicted octanol–water partition coefficient (Wildman–Crippen LogP) is 4.01. The number of rotatable bonds is 9. The normalized spacial score (nSPS) is 11.8. The number of esters is 1. The maximum Gasteiger partial charge on any atom is 0.338 e. The SMILES string of the molecule is COc1ccc([N+](=O)[O-])cc1NS(=O)(=O)c1ccc(C(=O)O[C@H](C)C(=O)Nc2ccc(F)c(F)c2F)cc1. The number of carbonyl (C=O) groups excluding carboxylic acids is 2. The Kier molecular flexibility index (Phi) is 8.20. The van der Waals surface area contributed by atoms with Crippen molar-refractivity contribution >= 4 is 39.0 Å². The molecule has 0 spiro atoms. The molecule has 11 nitrogen and oxygen atoms in total. The van der Waals surface area contributed by atoms with E-state index < -0.39 is 56.1 Å². The van der Waals surface area contributed by atoms with E-state index in [4.69, 9.17) is 9.47 Å². The summed E-state index contributed by atoms with van der Waals surface area (Å²) < 4.78 is 77.8. The van der Waals surface area contributed by atoms with E-state index in [0.29, 0.717) is 6.07 Å². The summed E-state index contributed by atoms with van der Waals surface area (Å²) in [6.45, 7) is 1.14. The summed E-state index contributed by atoms with van der Waals surface area (Å²) in [5.74, 6) is -6.95. The average molecular weight is 553 g/mol. The van der Waals surface area contributed by atoms with Crippen LogP contribution in [-0.2, 0) is 19.6 Å². The van der Waals surface area contributed by atoms with Crippen molar-refractivity contribution in [3.63, 3.8) is 0 Å². The number of hydrogen-bond donors (Lipinski definition) is 2. The number of methoxy groups -OCH3 is 1. The number of carbonyl (C=O) groups is 2. The highest BCUT2D eigenvalue weighted by atomic mass is 32.2. The first-order chi connectivity index (χ1) is 17.8. The van der Waals surface area contributed by atoms with Crippen LogP contribution in [0.5, 0.6) is 5.75 Å². The van der Waals surface area contributed by atoms with Gasteiger partial charge in [-0.15, -0.1) is 0 Å². The van der Waals surface area contributed by atoms with E-state index in [-0.39, 0.29) is 27.6 Å². The first-order valence-electron chi connectivity index (χ1n) is 10.4. The number of hydrogen-bond acceptors (Lipinski definition) is 8. The molecule has 0 unspecified atom stereocenters. The molecule has 15 heteroatoms. The summed E-state index contributed by atoms with van der Waals surface area (Å²) in [6.07, 6.45) is -1.50. The number of sulfonamides is 1. The topological polar surface area (TPSA) is 154 Å². The van der Waals surface area contributed by atoms with Crippen LogP contribution in [0.25, 0.3) is 0 Å². The van der Waals surface area contributed by atoms with Crippen LogP contribution in [0.2, 0.25) is 0 Å². The fourth-order valence-electron chi connectivity index (χ4n) is 3.00. The second kappa shape index (κ2) is 11.2. The Hall–Kier alpha value is -4.66. The Morgan fingerprint density at radius 2 is 1.63 bits per heavy atom. The molecule has 0 aliphatic heterocycles. The lowest BCUT2D eigenvalue weighted by Gasteiger charge is -2.15. The monoisotopic (exact) mass is 553 g/mol. The molecule has 0 radical (unpaired) electrons. The van der Waals surface area contributed by atoms with Crippen molar-refractivity contribution in [2.75, 3.05) is 17.1 Å². The number of amides is 1. The van der Waals surface area contributed by atoms with Crippen LogP contribution in [0.1, 0.15) is 17.3 Å².